The topological polar surface area (TPSA) is 29.9 Å². The normalized spacial score (nSPS) is 12.3. The summed E-state index contributed by atoms with van der Waals surface area (Å²) in [6.07, 6.45) is -3.84. The Hall–Kier alpha value is -1.08. The van der Waals surface area contributed by atoms with E-state index in [1.807, 2.05) is 0 Å². The maximum Gasteiger partial charge on any atom is 0.449 e. The number of imidazole rings is 1. The lowest BCUT2D eigenvalue weighted by Crippen LogP contribution is -2.17. The smallest absolute Gasteiger partial charge is 0.320 e. The molecule has 0 unspecified atom stereocenters. The van der Waals surface area contributed by atoms with Crippen molar-refractivity contribution in [3.63, 3.8) is 0 Å². The molecule has 104 valence electrons. The molecule has 2 rings (SSSR count). The SMILES string of the molecule is CNCCCn1c(C(F)(F)F)nc2cccc(Br)c21. The molecule has 3 nitrogen and oxygen atoms in total. The van der Waals surface area contributed by atoms with Crippen molar-refractivity contribution < 1.29 is 13.2 Å². The number of aromatic nitrogens is 2. The van der Waals surface area contributed by atoms with E-state index < -0.39 is 12.0 Å². The van der Waals surface area contributed by atoms with Crippen LogP contribution in [0, 0.1) is 0 Å². The van der Waals surface area contributed by atoms with Crippen molar-refractivity contribution in [1.82, 2.24) is 14.9 Å². The van der Waals surface area contributed by atoms with Gasteiger partial charge in [-0.05, 0) is 48.1 Å². The summed E-state index contributed by atoms with van der Waals surface area (Å²) in [6.45, 7) is 0.927. The van der Waals surface area contributed by atoms with Gasteiger partial charge in [-0.25, -0.2) is 4.98 Å². The van der Waals surface area contributed by atoms with Gasteiger partial charge in [0.05, 0.1) is 11.0 Å². The minimum absolute atomic E-state index is 0.273. The van der Waals surface area contributed by atoms with Gasteiger partial charge in [0.25, 0.3) is 0 Å². The summed E-state index contributed by atoms with van der Waals surface area (Å²) in [5.74, 6) is -0.842. The molecule has 2 aromatic rings. The molecule has 0 atom stereocenters. The summed E-state index contributed by atoms with van der Waals surface area (Å²) in [5.41, 5.74) is 0.845. The third-order valence-electron chi connectivity index (χ3n) is 2.78. The molecule has 0 aliphatic carbocycles. The highest BCUT2D eigenvalue weighted by Gasteiger charge is 2.37. The first-order valence-corrected chi connectivity index (χ1v) is 6.61. The largest absolute Gasteiger partial charge is 0.449 e. The summed E-state index contributed by atoms with van der Waals surface area (Å²) in [7, 11) is 1.77. The van der Waals surface area contributed by atoms with E-state index in [1.165, 1.54) is 4.57 Å². The predicted octanol–water partition coefficient (Wildman–Crippen LogP) is 3.43. The number of alkyl halides is 3. The fraction of sp³-hybridized carbons (Fsp3) is 0.417. The van der Waals surface area contributed by atoms with E-state index >= 15 is 0 Å². The lowest BCUT2D eigenvalue weighted by atomic mass is 10.3. The fourth-order valence-corrected chi connectivity index (χ4v) is 2.56. The first-order valence-electron chi connectivity index (χ1n) is 5.81. The van der Waals surface area contributed by atoms with Gasteiger partial charge in [0, 0.05) is 11.0 Å². The van der Waals surface area contributed by atoms with Gasteiger partial charge in [0.15, 0.2) is 0 Å². The fourth-order valence-electron chi connectivity index (χ4n) is 1.99. The Kier molecular flexibility index (Phi) is 4.15. The van der Waals surface area contributed by atoms with Gasteiger partial charge >= 0.3 is 6.18 Å². The Morgan fingerprint density at radius 3 is 2.74 bits per heavy atom. The number of aryl methyl sites for hydroxylation is 1. The molecular weight excluding hydrogens is 323 g/mol. The number of hydrogen-bond donors (Lipinski definition) is 1. The second-order valence-corrected chi connectivity index (χ2v) is 5.00. The van der Waals surface area contributed by atoms with Crippen LogP contribution in [0.1, 0.15) is 12.2 Å². The Balaban J connectivity index is 2.54. The average Bonchev–Trinajstić information content (AvgIpc) is 2.70. The summed E-state index contributed by atoms with van der Waals surface area (Å²) < 4.78 is 40.9. The van der Waals surface area contributed by atoms with Crippen molar-refractivity contribution in [2.75, 3.05) is 13.6 Å². The number of halogens is 4. The quantitative estimate of drug-likeness (QED) is 0.867. The molecule has 0 aliphatic rings. The summed E-state index contributed by atoms with van der Waals surface area (Å²) >= 11 is 3.29. The average molecular weight is 336 g/mol. The molecule has 0 saturated heterocycles. The highest BCUT2D eigenvalue weighted by molar-refractivity contribution is 9.10. The number of nitrogens with zero attached hydrogens (tertiary/aromatic N) is 2. The summed E-state index contributed by atoms with van der Waals surface area (Å²) in [6, 6.07) is 4.99. The molecule has 0 bridgehead atoms. The van der Waals surface area contributed by atoms with E-state index in [2.05, 4.69) is 26.2 Å². The lowest BCUT2D eigenvalue weighted by Gasteiger charge is -2.11. The van der Waals surface area contributed by atoms with Crippen molar-refractivity contribution in [3.05, 3.63) is 28.5 Å². The zero-order valence-electron chi connectivity index (χ0n) is 10.3. The van der Waals surface area contributed by atoms with Crippen LogP contribution in [0.3, 0.4) is 0 Å². The number of hydrogen-bond acceptors (Lipinski definition) is 2. The van der Waals surface area contributed by atoms with Crippen molar-refractivity contribution in [1.29, 1.82) is 0 Å². The van der Waals surface area contributed by atoms with E-state index in [0.717, 1.165) is 0 Å². The van der Waals surface area contributed by atoms with Crippen LogP contribution >= 0.6 is 15.9 Å². The number of nitrogens with one attached hydrogen (secondary N) is 1. The monoisotopic (exact) mass is 335 g/mol. The summed E-state index contributed by atoms with van der Waals surface area (Å²) in [4.78, 5) is 3.71. The van der Waals surface area contributed by atoms with Gasteiger partial charge in [-0.2, -0.15) is 13.2 Å². The molecule has 1 N–H and O–H groups in total. The first kappa shape index (κ1) is 14.3. The van der Waals surface area contributed by atoms with Crippen molar-refractivity contribution in [2.24, 2.45) is 0 Å². The molecule has 0 radical (unpaired) electrons. The van der Waals surface area contributed by atoms with E-state index in [1.54, 1.807) is 25.2 Å². The van der Waals surface area contributed by atoms with Gasteiger partial charge in [0.1, 0.15) is 0 Å². The molecule has 0 amide bonds. The summed E-state index contributed by atoms with van der Waals surface area (Å²) in [5, 5.41) is 2.92. The van der Waals surface area contributed by atoms with Crippen LogP contribution in [0.2, 0.25) is 0 Å². The van der Waals surface area contributed by atoms with Gasteiger partial charge < -0.3 is 9.88 Å². The maximum absolute atomic E-state index is 13.0. The lowest BCUT2D eigenvalue weighted by molar-refractivity contribution is -0.146. The number of benzene rings is 1. The number of rotatable bonds is 4. The van der Waals surface area contributed by atoms with E-state index in [-0.39, 0.29) is 6.54 Å². The standard InChI is InChI=1S/C12H13BrF3N3/c1-17-6-3-7-19-10-8(13)4-2-5-9(10)18-11(19)12(14,15)16/h2,4-5,17H,3,6-7H2,1H3. The Morgan fingerprint density at radius 1 is 1.37 bits per heavy atom. The van der Waals surface area contributed by atoms with Crippen LogP contribution < -0.4 is 5.32 Å². The molecule has 0 fully saturated rings. The van der Waals surface area contributed by atoms with E-state index in [4.69, 9.17) is 0 Å². The Bertz CT molecular complexity index is 577. The van der Waals surface area contributed by atoms with Crippen molar-refractivity contribution in [2.45, 2.75) is 19.1 Å². The van der Waals surface area contributed by atoms with Crippen LogP contribution in [0.15, 0.2) is 22.7 Å². The molecule has 0 saturated carbocycles. The molecule has 19 heavy (non-hydrogen) atoms. The van der Waals surface area contributed by atoms with Gasteiger partial charge in [0.2, 0.25) is 5.82 Å². The zero-order chi connectivity index (χ0) is 14.0. The molecular formula is C12H13BrF3N3. The van der Waals surface area contributed by atoms with Gasteiger partial charge in [-0.3, -0.25) is 0 Å². The number of fused-ring (bicyclic) bond motifs is 1. The second kappa shape index (κ2) is 5.50. The molecule has 1 heterocycles. The Morgan fingerprint density at radius 2 is 2.11 bits per heavy atom. The van der Waals surface area contributed by atoms with Crippen LogP contribution in [-0.4, -0.2) is 23.1 Å². The second-order valence-electron chi connectivity index (χ2n) is 4.15. The maximum atomic E-state index is 13.0. The molecule has 0 aliphatic heterocycles. The van der Waals surface area contributed by atoms with E-state index in [9.17, 15) is 13.2 Å². The van der Waals surface area contributed by atoms with Crippen LogP contribution in [-0.2, 0) is 12.7 Å². The molecule has 0 spiro atoms. The molecule has 7 heteroatoms. The van der Waals surface area contributed by atoms with Crippen LogP contribution in [0.5, 0.6) is 0 Å². The van der Waals surface area contributed by atoms with Crippen molar-refractivity contribution in [3.8, 4) is 0 Å². The van der Waals surface area contributed by atoms with Crippen LogP contribution in [0.4, 0.5) is 13.2 Å². The predicted molar refractivity (Wildman–Crippen MR) is 71.0 cm³/mol. The van der Waals surface area contributed by atoms with Gasteiger partial charge in [-0.15, -0.1) is 0 Å². The van der Waals surface area contributed by atoms with Gasteiger partial charge in [-0.1, -0.05) is 6.07 Å². The van der Waals surface area contributed by atoms with Crippen molar-refractivity contribution >= 4 is 27.0 Å². The minimum Gasteiger partial charge on any atom is -0.320 e. The Labute approximate surface area is 116 Å². The molecule has 1 aromatic heterocycles. The van der Waals surface area contributed by atoms with E-state index in [0.29, 0.717) is 28.5 Å². The first-order chi connectivity index (χ1) is 8.95. The third kappa shape index (κ3) is 2.92. The van der Waals surface area contributed by atoms with Crippen LogP contribution in [0.25, 0.3) is 11.0 Å². The third-order valence-corrected chi connectivity index (χ3v) is 3.42. The highest BCUT2D eigenvalue weighted by atomic mass is 79.9. The highest BCUT2D eigenvalue weighted by Crippen LogP contribution is 2.34. The molecule has 1 aromatic carbocycles. The number of para-hydroxylation sites is 1. The minimum atomic E-state index is -4.45. The zero-order valence-corrected chi connectivity index (χ0v) is 11.8.